The maximum absolute atomic E-state index is 6.15. The van der Waals surface area contributed by atoms with Crippen LogP contribution in [-0.2, 0) is 0 Å². The van der Waals surface area contributed by atoms with Crippen LogP contribution in [0.3, 0.4) is 0 Å². The highest BCUT2D eigenvalue weighted by Crippen LogP contribution is 2.23. The summed E-state index contributed by atoms with van der Waals surface area (Å²) in [5.74, 6) is 1.34. The molecule has 0 heterocycles. The van der Waals surface area contributed by atoms with Crippen LogP contribution in [0.1, 0.15) is 52.0 Å². The third-order valence-electron chi connectivity index (χ3n) is 3.04. The molecule has 0 radical (unpaired) electrons. The molecule has 2 nitrogen and oxygen atoms in total. The minimum atomic E-state index is 0.223. The minimum absolute atomic E-state index is 0.223. The predicted molar refractivity (Wildman–Crippen MR) is 73.5 cm³/mol. The van der Waals surface area contributed by atoms with Gasteiger partial charge in [-0.1, -0.05) is 32.4 Å². The lowest BCUT2D eigenvalue weighted by molar-refractivity contribution is 0.242. The Morgan fingerprint density at radius 3 is 2.18 bits per heavy atom. The molecule has 0 saturated heterocycles. The largest absolute Gasteiger partial charge is 0.491 e. The summed E-state index contributed by atoms with van der Waals surface area (Å²) in [6, 6.07) is 8.56. The number of benzene rings is 1. The van der Waals surface area contributed by atoms with Gasteiger partial charge in [0.2, 0.25) is 0 Å². The molecule has 17 heavy (non-hydrogen) atoms. The molecule has 96 valence electrons. The van der Waals surface area contributed by atoms with Crippen molar-refractivity contribution in [3.05, 3.63) is 29.8 Å². The first-order chi connectivity index (χ1) is 8.04. The third-order valence-corrected chi connectivity index (χ3v) is 3.04. The Morgan fingerprint density at radius 1 is 1.12 bits per heavy atom. The van der Waals surface area contributed by atoms with E-state index in [1.54, 1.807) is 0 Å². The summed E-state index contributed by atoms with van der Waals surface area (Å²) in [4.78, 5) is 0. The molecule has 0 amide bonds. The highest BCUT2D eigenvalue weighted by Gasteiger charge is 2.13. The summed E-state index contributed by atoms with van der Waals surface area (Å²) in [6.45, 7) is 8.44. The zero-order valence-corrected chi connectivity index (χ0v) is 11.4. The zero-order chi connectivity index (χ0) is 12.8. The lowest BCUT2D eigenvalue weighted by atomic mass is 9.91. The van der Waals surface area contributed by atoms with Crippen molar-refractivity contribution in [3.63, 3.8) is 0 Å². The molecule has 0 saturated carbocycles. The Bertz CT molecular complexity index is 318. The number of nitrogens with two attached hydrogens (primary N) is 1. The van der Waals surface area contributed by atoms with Crippen molar-refractivity contribution < 1.29 is 4.74 Å². The van der Waals surface area contributed by atoms with Crippen molar-refractivity contribution in [2.75, 3.05) is 0 Å². The van der Waals surface area contributed by atoms with Crippen LogP contribution < -0.4 is 10.5 Å². The zero-order valence-electron chi connectivity index (χ0n) is 11.4. The smallest absolute Gasteiger partial charge is 0.119 e. The maximum atomic E-state index is 6.15. The van der Waals surface area contributed by atoms with Crippen LogP contribution in [0.25, 0.3) is 0 Å². The van der Waals surface area contributed by atoms with Crippen LogP contribution in [0.2, 0.25) is 0 Å². The number of hydrogen-bond acceptors (Lipinski definition) is 2. The third kappa shape index (κ3) is 4.39. The monoisotopic (exact) mass is 235 g/mol. The number of hydrogen-bond donors (Lipinski definition) is 1. The van der Waals surface area contributed by atoms with Gasteiger partial charge in [-0.15, -0.1) is 0 Å². The highest BCUT2D eigenvalue weighted by molar-refractivity contribution is 5.30. The van der Waals surface area contributed by atoms with Gasteiger partial charge < -0.3 is 10.5 Å². The highest BCUT2D eigenvalue weighted by atomic mass is 16.5. The SMILES string of the molecule is CCCC(N)C(C)c1ccc(OC(C)C)cc1. The predicted octanol–water partition coefficient (Wildman–Crippen LogP) is 3.70. The maximum Gasteiger partial charge on any atom is 0.119 e. The fraction of sp³-hybridized carbons (Fsp3) is 0.600. The van der Waals surface area contributed by atoms with Gasteiger partial charge in [-0.25, -0.2) is 0 Å². The minimum Gasteiger partial charge on any atom is -0.491 e. The summed E-state index contributed by atoms with van der Waals surface area (Å²) in [5, 5.41) is 0. The molecule has 0 aromatic heterocycles. The lowest BCUT2D eigenvalue weighted by Crippen LogP contribution is -2.26. The van der Waals surface area contributed by atoms with E-state index in [0.29, 0.717) is 5.92 Å². The second-order valence-electron chi connectivity index (χ2n) is 4.98. The van der Waals surface area contributed by atoms with Gasteiger partial charge in [-0.2, -0.15) is 0 Å². The Kier molecular flexibility index (Phi) is 5.49. The molecule has 1 aromatic rings. The van der Waals surface area contributed by atoms with Gasteiger partial charge in [0, 0.05) is 6.04 Å². The Labute approximate surface area is 105 Å². The van der Waals surface area contributed by atoms with Crippen molar-refractivity contribution >= 4 is 0 Å². The fourth-order valence-electron chi connectivity index (χ4n) is 1.95. The van der Waals surface area contributed by atoms with E-state index in [1.807, 2.05) is 26.0 Å². The molecular weight excluding hydrogens is 210 g/mol. The van der Waals surface area contributed by atoms with E-state index in [-0.39, 0.29) is 12.1 Å². The Morgan fingerprint density at radius 2 is 1.71 bits per heavy atom. The van der Waals surface area contributed by atoms with Crippen LogP contribution in [0.15, 0.2) is 24.3 Å². The summed E-state index contributed by atoms with van der Waals surface area (Å²) < 4.78 is 5.63. The molecule has 2 unspecified atom stereocenters. The quantitative estimate of drug-likeness (QED) is 0.816. The summed E-state index contributed by atoms with van der Waals surface area (Å²) in [5.41, 5.74) is 7.44. The molecule has 2 atom stereocenters. The molecule has 2 heteroatoms. The van der Waals surface area contributed by atoms with E-state index in [1.165, 1.54) is 5.56 Å². The van der Waals surface area contributed by atoms with Gasteiger partial charge in [0.25, 0.3) is 0 Å². The molecule has 1 rings (SSSR count). The Balaban J connectivity index is 2.66. The van der Waals surface area contributed by atoms with Gasteiger partial charge in [0.05, 0.1) is 6.10 Å². The topological polar surface area (TPSA) is 35.2 Å². The van der Waals surface area contributed by atoms with E-state index in [4.69, 9.17) is 10.5 Å². The normalized spacial score (nSPS) is 14.7. The molecule has 0 bridgehead atoms. The number of ether oxygens (including phenoxy) is 1. The standard InChI is InChI=1S/C15H25NO/c1-5-6-15(16)12(4)13-7-9-14(10-8-13)17-11(2)3/h7-12,15H,5-6,16H2,1-4H3. The first kappa shape index (κ1) is 14.0. The van der Waals surface area contributed by atoms with Gasteiger partial charge in [0.1, 0.15) is 5.75 Å². The van der Waals surface area contributed by atoms with Crippen molar-refractivity contribution in [1.82, 2.24) is 0 Å². The molecule has 1 aromatic carbocycles. The van der Waals surface area contributed by atoms with Crippen LogP contribution in [0.5, 0.6) is 5.75 Å². The summed E-state index contributed by atoms with van der Waals surface area (Å²) in [7, 11) is 0. The van der Waals surface area contributed by atoms with E-state index in [9.17, 15) is 0 Å². The molecule has 0 aliphatic carbocycles. The van der Waals surface area contributed by atoms with Gasteiger partial charge in [-0.05, 0) is 43.9 Å². The van der Waals surface area contributed by atoms with Crippen LogP contribution in [-0.4, -0.2) is 12.1 Å². The number of rotatable bonds is 6. The molecular formula is C15H25NO. The molecule has 0 aliphatic rings. The van der Waals surface area contributed by atoms with Crippen LogP contribution >= 0.6 is 0 Å². The lowest BCUT2D eigenvalue weighted by Gasteiger charge is -2.20. The van der Waals surface area contributed by atoms with Crippen molar-refractivity contribution in [3.8, 4) is 5.75 Å². The summed E-state index contributed by atoms with van der Waals surface area (Å²) in [6.07, 6.45) is 2.44. The second-order valence-corrected chi connectivity index (χ2v) is 4.98. The van der Waals surface area contributed by atoms with E-state index >= 15 is 0 Å². The summed E-state index contributed by atoms with van der Waals surface area (Å²) >= 11 is 0. The van der Waals surface area contributed by atoms with Crippen LogP contribution in [0.4, 0.5) is 0 Å². The van der Waals surface area contributed by atoms with Crippen molar-refractivity contribution in [2.45, 2.75) is 58.6 Å². The van der Waals surface area contributed by atoms with Crippen molar-refractivity contribution in [2.24, 2.45) is 5.73 Å². The first-order valence-corrected chi connectivity index (χ1v) is 6.56. The van der Waals surface area contributed by atoms with E-state index < -0.39 is 0 Å². The molecule has 0 spiro atoms. The molecule has 2 N–H and O–H groups in total. The van der Waals surface area contributed by atoms with E-state index in [2.05, 4.69) is 26.0 Å². The van der Waals surface area contributed by atoms with Gasteiger partial charge in [-0.3, -0.25) is 0 Å². The van der Waals surface area contributed by atoms with Gasteiger partial charge >= 0.3 is 0 Å². The fourth-order valence-corrected chi connectivity index (χ4v) is 1.95. The average Bonchev–Trinajstić information content (AvgIpc) is 2.28. The van der Waals surface area contributed by atoms with Gasteiger partial charge in [0.15, 0.2) is 0 Å². The molecule has 0 aliphatic heterocycles. The van der Waals surface area contributed by atoms with Crippen molar-refractivity contribution in [1.29, 1.82) is 0 Å². The Hall–Kier alpha value is -1.02. The first-order valence-electron chi connectivity index (χ1n) is 6.56. The van der Waals surface area contributed by atoms with E-state index in [0.717, 1.165) is 18.6 Å². The van der Waals surface area contributed by atoms with Crippen LogP contribution in [0, 0.1) is 0 Å². The average molecular weight is 235 g/mol. The molecule has 0 fully saturated rings. The second kappa shape index (κ2) is 6.65.